The second-order valence-electron chi connectivity index (χ2n) is 4.50. The molecule has 0 aromatic carbocycles. The third-order valence-electron chi connectivity index (χ3n) is 2.41. The third-order valence-corrected chi connectivity index (χ3v) is 2.78. The Morgan fingerprint density at radius 2 is 1.86 bits per heavy atom. The largest absolute Gasteiger partial charge is 0.313 e. The van der Waals surface area contributed by atoms with E-state index in [-0.39, 0.29) is 0 Å². The van der Waals surface area contributed by atoms with E-state index in [1.54, 1.807) is 0 Å². The van der Waals surface area contributed by atoms with Crippen LogP contribution in [0.25, 0.3) is 0 Å². The molecule has 0 aromatic heterocycles. The zero-order chi connectivity index (χ0) is 10.8. The Hall–Kier alpha value is 0.250. The molecular weight excluding hydrogens is 194 g/mol. The second-order valence-corrected chi connectivity index (χ2v) is 4.80. The Morgan fingerprint density at radius 3 is 2.36 bits per heavy atom. The van der Waals surface area contributed by atoms with Gasteiger partial charge in [-0.05, 0) is 25.3 Å². The van der Waals surface area contributed by atoms with E-state index in [4.69, 9.17) is 11.6 Å². The van der Waals surface area contributed by atoms with E-state index >= 15 is 0 Å². The molecule has 0 saturated carbocycles. The monoisotopic (exact) mass is 219 g/mol. The molecule has 14 heavy (non-hydrogen) atoms. The van der Waals surface area contributed by atoms with Crippen LogP contribution in [0.4, 0.5) is 0 Å². The first-order valence-corrected chi connectivity index (χ1v) is 6.53. The quantitative estimate of drug-likeness (QED) is 0.460. The molecule has 0 aliphatic carbocycles. The summed E-state index contributed by atoms with van der Waals surface area (Å²) in [6, 6.07) is 0.512. The lowest BCUT2D eigenvalue weighted by Gasteiger charge is -2.17. The summed E-state index contributed by atoms with van der Waals surface area (Å²) < 4.78 is 0. The van der Waals surface area contributed by atoms with E-state index in [1.807, 2.05) is 0 Å². The lowest BCUT2D eigenvalue weighted by Crippen LogP contribution is -2.32. The molecule has 0 bridgehead atoms. The predicted molar refractivity (Wildman–Crippen MR) is 66.1 cm³/mol. The topological polar surface area (TPSA) is 12.0 Å². The zero-order valence-corrected chi connectivity index (χ0v) is 10.7. The van der Waals surface area contributed by atoms with Gasteiger partial charge in [0.2, 0.25) is 0 Å². The van der Waals surface area contributed by atoms with Crippen molar-refractivity contribution in [3.8, 4) is 0 Å². The molecule has 0 aliphatic rings. The molecule has 0 saturated heterocycles. The molecule has 0 rings (SSSR count). The number of nitrogens with one attached hydrogen (secondary N) is 1. The van der Waals surface area contributed by atoms with Gasteiger partial charge in [0.1, 0.15) is 0 Å². The van der Waals surface area contributed by atoms with Gasteiger partial charge in [-0.1, -0.05) is 40.0 Å². The van der Waals surface area contributed by atoms with Crippen molar-refractivity contribution in [1.82, 2.24) is 5.32 Å². The van der Waals surface area contributed by atoms with E-state index in [0.717, 1.165) is 18.3 Å². The van der Waals surface area contributed by atoms with E-state index in [0.29, 0.717) is 6.04 Å². The van der Waals surface area contributed by atoms with Crippen molar-refractivity contribution in [1.29, 1.82) is 0 Å². The van der Waals surface area contributed by atoms with Gasteiger partial charge in [0.15, 0.2) is 0 Å². The normalized spacial score (nSPS) is 13.5. The summed E-state index contributed by atoms with van der Waals surface area (Å²) in [6.45, 7) is 7.87. The summed E-state index contributed by atoms with van der Waals surface area (Å²) in [6.07, 6.45) is 6.50. The maximum atomic E-state index is 5.89. The smallest absolute Gasteiger partial charge is 0.0377 e. The minimum absolute atomic E-state index is 0.512. The fourth-order valence-electron chi connectivity index (χ4n) is 1.63. The summed E-state index contributed by atoms with van der Waals surface area (Å²) in [5.41, 5.74) is 0. The Kier molecular flexibility index (Phi) is 9.97. The van der Waals surface area contributed by atoms with Crippen LogP contribution < -0.4 is 5.32 Å². The van der Waals surface area contributed by atoms with Gasteiger partial charge < -0.3 is 5.32 Å². The van der Waals surface area contributed by atoms with Gasteiger partial charge in [-0.15, -0.1) is 11.6 Å². The third kappa shape index (κ3) is 8.83. The van der Waals surface area contributed by atoms with E-state index in [9.17, 15) is 0 Å². The number of hydrogen-bond donors (Lipinski definition) is 1. The van der Waals surface area contributed by atoms with Crippen LogP contribution in [0.1, 0.15) is 52.9 Å². The van der Waals surface area contributed by atoms with Crippen molar-refractivity contribution in [2.24, 2.45) is 5.92 Å². The van der Waals surface area contributed by atoms with Crippen LogP contribution >= 0.6 is 11.6 Å². The summed E-state index contributed by atoms with van der Waals surface area (Å²) in [5.74, 6) is 1.48. The summed E-state index contributed by atoms with van der Waals surface area (Å²) in [4.78, 5) is 0. The van der Waals surface area contributed by atoms with Crippen LogP contribution in [0.5, 0.6) is 0 Å². The van der Waals surface area contributed by atoms with Crippen LogP contribution in [0.2, 0.25) is 0 Å². The van der Waals surface area contributed by atoms with Crippen molar-refractivity contribution in [3.05, 3.63) is 0 Å². The Morgan fingerprint density at radius 1 is 1.14 bits per heavy atom. The van der Waals surface area contributed by atoms with Crippen LogP contribution in [0.3, 0.4) is 0 Å². The van der Waals surface area contributed by atoms with Gasteiger partial charge in [0.05, 0.1) is 0 Å². The predicted octanol–water partition coefficient (Wildman–Crippen LogP) is 3.81. The summed E-state index contributed by atoms with van der Waals surface area (Å²) in [5, 5.41) is 3.53. The molecule has 1 unspecified atom stereocenters. The van der Waals surface area contributed by atoms with Gasteiger partial charge >= 0.3 is 0 Å². The summed E-state index contributed by atoms with van der Waals surface area (Å²) >= 11 is 5.89. The van der Waals surface area contributed by atoms with Gasteiger partial charge in [0.25, 0.3) is 0 Å². The highest BCUT2D eigenvalue weighted by molar-refractivity contribution is 6.18. The molecule has 0 aliphatic heterocycles. The van der Waals surface area contributed by atoms with Gasteiger partial charge in [-0.25, -0.2) is 0 Å². The van der Waals surface area contributed by atoms with Crippen LogP contribution in [-0.2, 0) is 0 Å². The van der Waals surface area contributed by atoms with Crippen LogP contribution in [-0.4, -0.2) is 18.5 Å². The minimum atomic E-state index is 0.512. The van der Waals surface area contributed by atoms with Crippen molar-refractivity contribution in [3.63, 3.8) is 0 Å². The average molecular weight is 220 g/mol. The number of hydrogen-bond acceptors (Lipinski definition) is 1. The maximum absolute atomic E-state index is 5.89. The summed E-state index contributed by atoms with van der Waals surface area (Å²) in [7, 11) is 0. The van der Waals surface area contributed by atoms with Gasteiger partial charge in [-0.2, -0.15) is 0 Å². The maximum Gasteiger partial charge on any atom is 0.0377 e. The number of unbranched alkanes of at least 4 members (excludes halogenated alkanes) is 3. The van der Waals surface area contributed by atoms with E-state index in [1.165, 1.54) is 32.1 Å². The van der Waals surface area contributed by atoms with Crippen molar-refractivity contribution >= 4 is 11.6 Å². The lowest BCUT2D eigenvalue weighted by molar-refractivity contribution is 0.438. The molecule has 0 spiro atoms. The Bertz CT molecular complexity index is 115. The Labute approximate surface area is 94.6 Å². The standard InChI is InChI=1S/C12H26ClN/c1-4-5-6-7-8-14-12(10-13)9-11(2)3/h11-12,14H,4-10H2,1-3H3. The lowest BCUT2D eigenvalue weighted by atomic mass is 10.1. The highest BCUT2D eigenvalue weighted by atomic mass is 35.5. The van der Waals surface area contributed by atoms with Crippen molar-refractivity contribution < 1.29 is 0 Å². The minimum Gasteiger partial charge on any atom is -0.313 e. The molecule has 0 aromatic rings. The first-order valence-electron chi connectivity index (χ1n) is 6.00. The highest BCUT2D eigenvalue weighted by Crippen LogP contribution is 2.06. The number of halogens is 1. The van der Waals surface area contributed by atoms with Crippen molar-refractivity contribution in [2.75, 3.05) is 12.4 Å². The zero-order valence-electron chi connectivity index (χ0n) is 9.98. The van der Waals surface area contributed by atoms with Crippen LogP contribution in [0.15, 0.2) is 0 Å². The fraction of sp³-hybridized carbons (Fsp3) is 1.00. The molecule has 1 nitrogen and oxygen atoms in total. The molecule has 2 heteroatoms. The SMILES string of the molecule is CCCCCCNC(CCl)CC(C)C. The molecule has 1 N–H and O–H groups in total. The molecule has 0 radical (unpaired) electrons. The number of alkyl halides is 1. The van der Waals surface area contributed by atoms with Crippen molar-refractivity contribution in [2.45, 2.75) is 58.9 Å². The fourth-order valence-corrected chi connectivity index (χ4v) is 1.86. The van der Waals surface area contributed by atoms with Gasteiger partial charge in [0, 0.05) is 11.9 Å². The second kappa shape index (κ2) is 9.79. The molecule has 1 atom stereocenters. The van der Waals surface area contributed by atoms with Crippen LogP contribution in [0, 0.1) is 5.92 Å². The number of rotatable bonds is 9. The average Bonchev–Trinajstić information content (AvgIpc) is 2.15. The molecule has 0 fully saturated rings. The first kappa shape index (κ1) is 14.2. The molecule has 0 heterocycles. The molecular formula is C12H26ClN. The molecule has 0 amide bonds. The van der Waals surface area contributed by atoms with E-state index < -0.39 is 0 Å². The van der Waals surface area contributed by atoms with Gasteiger partial charge in [-0.3, -0.25) is 0 Å². The van der Waals surface area contributed by atoms with E-state index in [2.05, 4.69) is 26.1 Å². The Balaban J connectivity index is 3.33. The highest BCUT2D eigenvalue weighted by Gasteiger charge is 2.07. The molecule has 86 valence electrons. The first-order chi connectivity index (χ1) is 6.70.